The highest BCUT2D eigenvalue weighted by Gasteiger charge is 2.23. The topological polar surface area (TPSA) is 42.0 Å². The van der Waals surface area contributed by atoms with Crippen LogP contribution in [0.4, 0.5) is 0 Å². The largest absolute Gasteiger partial charge is 0.349 e. The minimum atomic E-state index is -0.0168. The molecule has 21 heavy (non-hydrogen) atoms. The summed E-state index contributed by atoms with van der Waals surface area (Å²) in [5.41, 5.74) is 3.37. The van der Waals surface area contributed by atoms with Crippen LogP contribution in [-0.4, -0.2) is 22.7 Å². The number of hydrogen-bond acceptors (Lipinski definition) is 3. The summed E-state index contributed by atoms with van der Waals surface area (Å²) in [5.74, 6) is 0.892. The predicted molar refractivity (Wildman–Crippen MR) is 85.7 cm³/mol. The lowest BCUT2D eigenvalue weighted by Gasteiger charge is -2.13. The number of aromatic nitrogens is 1. The SMILES string of the molecule is CCSc1ncccc1C(=O)NC1Cc2ccccc2C1. The smallest absolute Gasteiger partial charge is 0.254 e. The van der Waals surface area contributed by atoms with Crippen molar-refractivity contribution in [3.05, 3.63) is 59.3 Å². The van der Waals surface area contributed by atoms with Crippen LogP contribution in [0.2, 0.25) is 0 Å². The van der Waals surface area contributed by atoms with Gasteiger partial charge in [0.2, 0.25) is 0 Å². The fraction of sp³-hybridized carbons (Fsp3) is 0.294. The van der Waals surface area contributed by atoms with Gasteiger partial charge >= 0.3 is 0 Å². The van der Waals surface area contributed by atoms with Gasteiger partial charge in [0.05, 0.1) is 5.56 Å². The maximum absolute atomic E-state index is 12.5. The number of hydrogen-bond donors (Lipinski definition) is 1. The molecule has 0 aliphatic heterocycles. The first-order valence-electron chi connectivity index (χ1n) is 7.23. The zero-order valence-electron chi connectivity index (χ0n) is 12.0. The van der Waals surface area contributed by atoms with E-state index in [0.717, 1.165) is 23.6 Å². The number of fused-ring (bicyclic) bond motifs is 1. The number of thioether (sulfide) groups is 1. The maximum atomic E-state index is 12.5. The summed E-state index contributed by atoms with van der Waals surface area (Å²) >= 11 is 1.60. The number of carbonyl (C=O) groups excluding carboxylic acids is 1. The van der Waals surface area contributed by atoms with Crippen molar-refractivity contribution in [3.8, 4) is 0 Å². The van der Waals surface area contributed by atoms with Crippen molar-refractivity contribution in [1.29, 1.82) is 0 Å². The van der Waals surface area contributed by atoms with Crippen molar-refractivity contribution in [1.82, 2.24) is 10.3 Å². The molecule has 2 aromatic rings. The third-order valence-electron chi connectivity index (χ3n) is 3.68. The normalized spacial score (nSPS) is 14.0. The molecule has 1 heterocycles. The number of carbonyl (C=O) groups is 1. The summed E-state index contributed by atoms with van der Waals surface area (Å²) in [6.45, 7) is 2.06. The molecule has 0 atom stereocenters. The summed E-state index contributed by atoms with van der Waals surface area (Å²) in [7, 11) is 0. The molecule has 1 aliphatic carbocycles. The van der Waals surface area contributed by atoms with Gasteiger partial charge < -0.3 is 5.32 Å². The number of rotatable bonds is 4. The van der Waals surface area contributed by atoms with E-state index in [1.165, 1.54) is 11.1 Å². The third kappa shape index (κ3) is 3.10. The van der Waals surface area contributed by atoms with Crippen molar-refractivity contribution < 1.29 is 4.79 Å². The average molecular weight is 298 g/mol. The Kier molecular flexibility index (Phi) is 4.25. The highest BCUT2D eigenvalue weighted by molar-refractivity contribution is 7.99. The monoisotopic (exact) mass is 298 g/mol. The molecule has 1 aliphatic rings. The van der Waals surface area contributed by atoms with Crippen molar-refractivity contribution in [2.24, 2.45) is 0 Å². The first-order valence-corrected chi connectivity index (χ1v) is 8.22. The Morgan fingerprint density at radius 3 is 2.62 bits per heavy atom. The van der Waals surface area contributed by atoms with Crippen LogP contribution in [0.15, 0.2) is 47.6 Å². The Bertz CT molecular complexity index is 632. The van der Waals surface area contributed by atoms with E-state index in [9.17, 15) is 4.79 Å². The second-order valence-corrected chi connectivity index (χ2v) is 6.39. The van der Waals surface area contributed by atoms with Gasteiger partial charge in [-0.25, -0.2) is 4.98 Å². The van der Waals surface area contributed by atoms with Gasteiger partial charge in [-0.15, -0.1) is 11.8 Å². The summed E-state index contributed by atoms with van der Waals surface area (Å²) in [4.78, 5) is 16.8. The van der Waals surface area contributed by atoms with Gasteiger partial charge in [0.25, 0.3) is 5.91 Å². The van der Waals surface area contributed by atoms with E-state index >= 15 is 0 Å². The van der Waals surface area contributed by atoms with Gasteiger partial charge in [-0.05, 0) is 41.9 Å². The minimum Gasteiger partial charge on any atom is -0.349 e. The molecule has 1 N–H and O–H groups in total. The molecule has 0 bridgehead atoms. The Labute approximate surface area is 129 Å². The quantitative estimate of drug-likeness (QED) is 0.882. The first kappa shape index (κ1) is 14.1. The van der Waals surface area contributed by atoms with Crippen LogP contribution in [0, 0.1) is 0 Å². The second-order valence-electron chi connectivity index (χ2n) is 5.14. The lowest BCUT2D eigenvalue weighted by Crippen LogP contribution is -2.35. The Morgan fingerprint density at radius 1 is 1.24 bits per heavy atom. The van der Waals surface area contributed by atoms with Crippen LogP contribution in [-0.2, 0) is 12.8 Å². The highest BCUT2D eigenvalue weighted by atomic mass is 32.2. The predicted octanol–water partition coefficient (Wildman–Crippen LogP) is 3.09. The molecular formula is C17H18N2OS. The molecule has 1 aromatic carbocycles. The molecule has 4 heteroatoms. The lowest BCUT2D eigenvalue weighted by molar-refractivity contribution is 0.0935. The van der Waals surface area contributed by atoms with Gasteiger partial charge in [-0.1, -0.05) is 31.2 Å². The summed E-state index contributed by atoms with van der Waals surface area (Å²) in [6.07, 6.45) is 3.57. The van der Waals surface area contributed by atoms with Gasteiger partial charge in [-0.3, -0.25) is 4.79 Å². The van der Waals surface area contributed by atoms with Gasteiger partial charge in [0.1, 0.15) is 5.03 Å². The van der Waals surface area contributed by atoms with Gasteiger partial charge in [0.15, 0.2) is 0 Å². The molecule has 3 nitrogen and oxygen atoms in total. The van der Waals surface area contributed by atoms with Crippen molar-refractivity contribution in [2.75, 3.05) is 5.75 Å². The van der Waals surface area contributed by atoms with Gasteiger partial charge in [0, 0.05) is 12.2 Å². The van der Waals surface area contributed by atoms with E-state index in [2.05, 4.69) is 41.5 Å². The summed E-state index contributed by atoms with van der Waals surface area (Å²) in [5, 5.41) is 3.96. The lowest BCUT2D eigenvalue weighted by atomic mass is 10.1. The number of pyridine rings is 1. The van der Waals surface area contributed by atoms with E-state index in [4.69, 9.17) is 0 Å². The average Bonchev–Trinajstić information content (AvgIpc) is 2.90. The zero-order valence-corrected chi connectivity index (χ0v) is 12.8. The fourth-order valence-electron chi connectivity index (χ4n) is 2.74. The maximum Gasteiger partial charge on any atom is 0.254 e. The van der Waals surface area contributed by atoms with E-state index < -0.39 is 0 Å². The Morgan fingerprint density at radius 2 is 1.95 bits per heavy atom. The number of nitrogens with zero attached hydrogens (tertiary/aromatic N) is 1. The van der Waals surface area contributed by atoms with E-state index in [-0.39, 0.29) is 11.9 Å². The van der Waals surface area contributed by atoms with E-state index in [1.54, 1.807) is 18.0 Å². The second kappa shape index (κ2) is 6.31. The standard InChI is InChI=1S/C17H18N2OS/c1-2-21-17-15(8-5-9-18-17)16(20)19-14-10-12-6-3-4-7-13(12)11-14/h3-9,14H,2,10-11H2,1H3,(H,19,20). The molecule has 0 spiro atoms. The highest BCUT2D eigenvalue weighted by Crippen LogP contribution is 2.23. The molecule has 0 saturated carbocycles. The molecule has 3 rings (SSSR count). The third-order valence-corrected chi connectivity index (χ3v) is 4.57. The number of benzene rings is 1. The van der Waals surface area contributed by atoms with Crippen LogP contribution in [0.3, 0.4) is 0 Å². The van der Waals surface area contributed by atoms with Crippen molar-refractivity contribution in [2.45, 2.75) is 30.8 Å². The first-order chi connectivity index (χ1) is 10.3. The molecule has 108 valence electrons. The van der Waals surface area contributed by atoms with Crippen LogP contribution in [0.5, 0.6) is 0 Å². The van der Waals surface area contributed by atoms with Crippen LogP contribution < -0.4 is 5.32 Å². The number of amides is 1. The molecular weight excluding hydrogens is 280 g/mol. The van der Waals surface area contributed by atoms with Gasteiger partial charge in [-0.2, -0.15) is 0 Å². The Hall–Kier alpha value is -1.81. The molecule has 0 saturated heterocycles. The molecule has 0 radical (unpaired) electrons. The van der Waals surface area contributed by atoms with Crippen LogP contribution >= 0.6 is 11.8 Å². The molecule has 0 fully saturated rings. The summed E-state index contributed by atoms with van der Waals surface area (Å²) in [6, 6.07) is 12.3. The van der Waals surface area contributed by atoms with E-state index in [1.807, 2.05) is 12.1 Å². The van der Waals surface area contributed by atoms with Crippen LogP contribution in [0.25, 0.3) is 0 Å². The molecule has 1 amide bonds. The summed E-state index contributed by atoms with van der Waals surface area (Å²) < 4.78 is 0. The molecule has 1 aromatic heterocycles. The van der Waals surface area contributed by atoms with E-state index in [0.29, 0.717) is 5.56 Å². The molecule has 0 unspecified atom stereocenters. The minimum absolute atomic E-state index is 0.0168. The van der Waals surface area contributed by atoms with Crippen LogP contribution in [0.1, 0.15) is 28.4 Å². The Balaban J connectivity index is 1.71. The zero-order chi connectivity index (χ0) is 14.7. The number of nitrogens with one attached hydrogen (secondary N) is 1. The van der Waals surface area contributed by atoms with Crippen molar-refractivity contribution >= 4 is 17.7 Å². The fourth-order valence-corrected chi connectivity index (χ4v) is 3.46. The van der Waals surface area contributed by atoms with Crippen molar-refractivity contribution in [3.63, 3.8) is 0 Å².